The molecule has 1 heterocycles. The van der Waals surface area contributed by atoms with E-state index >= 15 is 0 Å². The first-order chi connectivity index (χ1) is 13.2. The summed E-state index contributed by atoms with van der Waals surface area (Å²) < 4.78 is 40.4. The van der Waals surface area contributed by atoms with E-state index in [4.69, 9.17) is 0 Å². The standard InChI is InChI=1S/C18H16F3N3O4/c19-18(20,21)28-14-7-5-13(6-8-14)17(25)23-11-9-22(10-12-23)15-3-1-2-4-16(15)24(26)27/h1-8H,9-12H2. The Morgan fingerprint density at radius 3 is 2.18 bits per heavy atom. The topological polar surface area (TPSA) is 75.9 Å². The van der Waals surface area contributed by atoms with E-state index in [9.17, 15) is 28.1 Å². The normalized spacial score (nSPS) is 14.7. The first kappa shape index (κ1) is 19.5. The summed E-state index contributed by atoms with van der Waals surface area (Å²) in [6, 6.07) is 11.1. The average Bonchev–Trinajstić information content (AvgIpc) is 2.67. The molecule has 1 aliphatic rings. The quantitative estimate of drug-likeness (QED) is 0.586. The third-order valence-corrected chi connectivity index (χ3v) is 4.32. The minimum atomic E-state index is -4.79. The van der Waals surface area contributed by atoms with Gasteiger partial charge in [-0.2, -0.15) is 0 Å². The number of benzene rings is 2. The number of carbonyl (C=O) groups is 1. The van der Waals surface area contributed by atoms with E-state index in [0.29, 0.717) is 31.9 Å². The van der Waals surface area contributed by atoms with Crippen LogP contribution in [0, 0.1) is 10.1 Å². The van der Waals surface area contributed by atoms with Crippen molar-refractivity contribution in [3.8, 4) is 5.75 Å². The SMILES string of the molecule is O=C(c1ccc(OC(F)(F)F)cc1)N1CCN(c2ccccc2[N+](=O)[O-])CC1. The molecule has 0 atom stereocenters. The Morgan fingerprint density at radius 2 is 1.61 bits per heavy atom. The lowest BCUT2D eigenvalue weighted by atomic mass is 10.1. The lowest BCUT2D eigenvalue weighted by molar-refractivity contribution is -0.384. The third kappa shape index (κ3) is 4.51. The van der Waals surface area contributed by atoms with Crippen LogP contribution >= 0.6 is 0 Å². The molecule has 0 saturated carbocycles. The van der Waals surface area contributed by atoms with E-state index in [0.717, 1.165) is 12.1 Å². The number of anilines is 1. The molecule has 0 aromatic heterocycles. The van der Waals surface area contributed by atoms with Crippen molar-refractivity contribution in [1.82, 2.24) is 4.90 Å². The van der Waals surface area contributed by atoms with Gasteiger partial charge in [-0.15, -0.1) is 13.2 Å². The number of alkyl halides is 3. The van der Waals surface area contributed by atoms with Crippen molar-refractivity contribution in [2.45, 2.75) is 6.36 Å². The van der Waals surface area contributed by atoms with Crippen LogP contribution in [-0.2, 0) is 0 Å². The number of nitrogens with zero attached hydrogens (tertiary/aromatic N) is 3. The number of piperazine rings is 1. The molecule has 0 bridgehead atoms. The third-order valence-electron chi connectivity index (χ3n) is 4.32. The fourth-order valence-electron chi connectivity index (χ4n) is 3.02. The van der Waals surface area contributed by atoms with Crippen LogP contribution in [0.5, 0.6) is 5.75 Å². The number of hydrogen-bond donors (Lipinski definition) is 0. The molecule has 2 aromatic rings. The predicted molar refractivity (Wildman–Crippen MR) is 94.3 cm³/mol. The van der Waals surface area contributed by atoms with Gasteiger partial charge in [0, 0.05) is 37.8 Å². The van der Waals surface area contributed by atoms with E-state index in [1.165, 1.54) is 18.2 Å². The monoisotopic (exact) mass is 395 g/mol. The van der Waals surface area contributed by atoms with Crippen LogP contribution in [0.15, 0.2) is 48.5 Å². The van der Waals surface area contributed by atoms with Gasteiger partial charge in [-0.05, 0) is 30.3 Å². The summed E-state index contributed by atoms with van der Waals surface area (Å²) in [6.07, 6.45) is -4.79. The summed E-state index contributed by atoms with van der Waals surface area (Å²) in [5, 5.41) is 11.2. The summed E-state index contributed by atoms with van der Waals surface area (Å²) >= 11 is 0. The fraction of sp³-hybridized carbons (Fsp3) is 0.278. The summed E-state index contributed by atoms with van der Waals surface area (Å²) in [6.45, 7) is 1.50. The second kappa shape index (κ2) is 7.75. The Bertz CT molecular complexity index is 863. The van der Waals surface area contributed by atoms with Crippen LogP contribution in [0.4, 0.5) is 24.5 Å². The molecule has 0 aliphatic carbocycles. The van der Waals surface area contributed by atoms with Gasteiger partial charge in [0.2, 0.25) is 0 Å². The van der Waals surface area contributed by atoms with Gasteiger partial charge in [0.15, 0.2) is 0 Å². The fourth-order valence-corrected chi connectivity index (χ4v) is 3.02. The zero-order chi connectivity index (χ0) is 20.3. The van der Waals surface area contributed by atoms with Gasteiger partial charge in [-0.1, -0.05) is 12.1 Å². The molecule has 3 rings (SSSR count). The second-order valence-corrected chi connectivity index (χ2v) is 6.10. The molecule has 1 amide bonds. The molecule has 7 nitrogen and oxygen atoms in total. The maximum Gasteiger partial charge on any atom is 0.573 e. The summed E-state index contributed by atoms with van der Waals surface area (Å²) in [7, 11) is 0. The van der Waals surface area contributed by atoms with Crippen molar-refractivity contribution in [3.63, 3.8) is 0 Å². The van der Waals surface area contributed by atoms with Gasteiger partial charge >= 0.3 is 6.36 Å². The van der Waals surface area contributed by atoms with Crippen LogP contribution in [0.25, 0.3) is 0 Å². The van der Waals surface area contributed by atoms with E-state index < -0.39 is 17.0 Å². The van der Waals surface area contributed by atoms with Crippen LogP contribution < -0.4 is 9.64 Å². The Kier molecular flexibility index (Phi) is 5.39. The van der Waals surface area contributed by atoms with E-state index in [-0.39, 0.29) is 17.2 Å². The highest BCUT2D eigenvalue weighted by Crippen LogP contribution is 2.28. The Balaban J connectivity index is 1.63. The van der Waals surface area contributed by atoms with Crippen molar-refractivity contribution in [3.05, 3.63) is 64.2 Å². The van der Waals surface area contributed by atoms with Crippen LogP contribution in [0.2, 0.25) is 0 Å². The second-order valence-electron chi connectivity index (χ2n) is 6.10. The molecular weight excluding hydrogens is 379 g/mol. The number of nitro benzene ring substituents is 1. The molecule has 10 heteroatoms. The molecule has 148 valence electrons. The molecule has 1 aliphatic heterocycles. The van der Waals surface area contributed by atoms with Crippen molar-refractivity contribution < 1.29 is 27.6 Å². The number of rotatable bonds is 4. The summed E-state index contributed by atoms with van der Waals surface area (Å²) in [5.41, 5.74) is 0.740. The predicted octanol–water partition coefficient (Wildman–Crippen LogP) is 3.46. The highest BCUT2D eigenvalue weighted by atomic mass is 19.4. The zero-order valence-electron chi connectivity index (χ0n) is 14.6. The Hall–Kier alpha value is -3.30. The lowest BCUT2D eigenvalue weighted by Gasteiger charge is -2.35. The van der Waals surface area contributed by atoms with Crippen molar-refractivity contribution in [2.75, 3.05) is 31.1 Å². The van der Waals surface area contributed by atoms with Crippen LogP contribution in [-0.4, -0.2) is 48.3 Å². The van der Waals surface area contributed by atoms with Gasteiger partial charge in [-0.25, -0.2) is 0 Å². The van der Waals surface area contributed by atoms with Gasteiger partial charge in [0.05, 0.1) is 4.92 Å². The molecular formula is C18H16F3N3O4. The molecule has 0 N–H and O–H groups in total. The number of halogens is 3. The first-order valence-electron chi connectivity index (χ1n) is 8.38. The number of ether oxygens (including phenoxy) is 1. The Labute approximate surface area is 158 Å². The van der Waals surface area contributed by atoms with Crippen LogP contribution in [0.1, 0.15) is 10.4 Å². The molecule has 0 unspecified atom stereocenters. The van der Waals surface area contributed by atoms with Gasteiger partial charge in [0.1, 0.15) is 11.4 Å². The number of hydrogen-bond acceptors (Lipinski definition) is 5. The Morgan fingerprint density at radius 1 is 1.00 bits per heavy atom. The van der Waals surface area contributed by atoms with Gasteiger partial charge in [-0.3, -0.25) is 14.9 Å². The molecule has 2 aromatic carbocycles. The smallest absolute Gasteiger partial charge is 0.406 e. The van der Waals surface area contributed by atoms with Crippen molar-refractivity contribution >= 4 is 17.3 Å². The van der Waals surface area contributed by atoms with E-state index in [2.05, 4.69) is 4.74 Å². The van der Waals surface area contributed by atoms with Gasteiger partial charge < -0.3 is 14.5 Å². The number of carbonyl (C=O) groups excluding carboxylic acids is 1. The minimum Gasteiger partial charge on any atom is -0.406 e. The highest BCUT2D eigenvalue weighted by Gasteiger charge is 2.31. The zero-order valence-corrected chi connectivity index (χ0v) is 14.6. The molecule has 28 heavy (non-hydrogen) atoms. The lowest BCUT2D eigenvalue weighted by Crippen LogP contribution is -2.48. The molecule has 1 saturated heterocycles. The number of para-hydroxylation sites is 2. The molecule has 0 radical (unpaired) electrons. The van der Waals surface area contributed by atoms with Crippen molar-refractivity contribution in [2.24, 2.45) is 0 Å². The first-order valence-corrected chi connectivity index (χ1v) is 8.38. The van der Waals surface area contributed by atoms with Gasteiger partial charge in [0.25, 0.3) is 11.6 Å². The molecule has 0 spiro atoms. The van der Waals surface area contributed by atoms with E-state index in [1.807, 2.05) is 4.90 Å². The van der Waals surface area contributed by atoms with Crippen LogP contribution in [0.3, 0.4) is 0 Å². The maximum atomic E-state index is 12.6. The van der Waals surface area contributed by atoms with Crippen molar-refractivity contribution in [1.29, 1.82) is 0 Å². The summed E-state index contributed by atoms with van der Waals surface area (Å²) in [4.78, 5) is 26.7. The maximum absolute atomic E-state index is 12.6. The largest absolute Gasteiger partial charge is 0.573 e. The van der Waals surface area contributed by atoms with E-state index in [1.54, 1.807) is 23.1 Å². The summed E-state index contributed by atoms with van der Waals surface area (Å²) in [5.74, 6) is -0.717. The minimum absolute atomic E-state index is 0.00234. The molecule has 1 fully saturated rings. The number of nitro groups is 1. The average molecular weight is 395 g/mol. The highest BCUT2D eigenvalue weighted by molar-refractivity contribution is 5.94. The number of amides is 1.